The van der Waals surface area contributed by atoms with E-state index in [-0.39, 0.29) is 5.69 Å². The first-order chi connectivity index (χ1) is 13.5. The van der Waals surface area contributed by atoms with E-state index in [9.17, 15) is 14.9 Å². The Morgan fingerprint density at radius 3 is 2.71 bits per heavy atom. The van der Waals surface area contributed by atoms with Crippen molar-refractivity contribution >= 4 is 39.2 Å². The van der Waals surface area contributed by atoms with Gasteiger partial charge < -0.3 is 9.30 Å². The quantitative estimate of drug-likeness (QED) is 0.274. The summed E-state index contributed by atoms with van der Waals surface area (Å²) in [4.78, 5) is 27.3. The Morgan fingerprint density at radius 2 is 2.07 bits per heavy atom. The van der Waals surface area contributed by atoms with Gasteiger partial charge in [0.15, 0.2) is 4.80 Å². The van der Waals surface area contributed by atoms with Crippen LogP contribution in [-0.2, 0) is 11.3 Å². The summed E-state index contributed by atoms with van der Waals surface area (Å²) in [6.07, 6.45) is 4.64. The van der Waals surface area contributed by atoms with Crippen LogP contribution >= 0.6 is 11.3 Å². The standard InChI is InChI=1S/C20H17N3O4S/c1-3-13-22-19-16(27-2)5-4-6-17(19)28-20(22)21-18(24)12-9-14-7-10-15(11-8-14)23(25)26/h3-12H,1,13H2,2H3/b12-9-,21-20?. The van der Waals surface area contributed by atoms with Crippen LogP contribution in [0.3, 0.4) is 0 Å². The molecular weight excluding hydrogens is 378 g/mol. The first-order valence-electron chi connectivity index (χ1n) is 8.32. The molecule has 2 aromatic carbocycles. The highest BCUT2D eigenvalue weighted by Crippen LogP contribution is 2.27. The molecule has 0 saturated heterocycles. The number of non-ortho nitro benzene ring substituents is 1. The van der Waals surface area contributed by atoms with Crippen molar-refractivity contribution in [2.45, 2.75) is 6.54 Å². The minimum atomic E-state index is -0.470. The summed E-state index contributed by atoms with van der Waals surface area (Å²) in [5.74, 6) is 0.271. The van der Waals surface area contributed by atoms with Gasteiger partial charge in [0, 0.05) is 24.8 Å². The number of nitro groups is 1. The molecule has 142 valence electrons. The van der Waals surface area contributed by atoms with Gasteiger partial charge in [-0.3, -0.25) is 14.9 Å². The normalized spacial score (nSPS) is 11.8. The zero-order valence-electron chi connectivity index (χ0n) is 15.1. The Kier molecular flexibility index (Phi) is 5.81. The summed E-state index contributed by atoms with van der Waals surface area (Å²) in [6, 6.07) is 11.6. The number of nitrogens with zero attached hydrogens (tertiary/aromatic N) is 3. The van der Waals surface area contributed by atoms with Crippen LogP contribution in [-0.4, -0.2) is 22.5 Å². The highest BCUT2D eigenvalue weighted by molar-refractivity contribution is 7.16. The van der Waals surface area contributed by atoms with E-state index in [0.717, 1.165) is 10.2 Å². The molecule has 0 atom stereocenters. The van der Waals surface area contributed by atoms with Gasteiger partial charge in [-0.05, 0) is 35.9 Å². The van der Waals surface area contributed by atoms with Crippen LogP contribution in [0.2, 0.25) is 0 Å². The first kappa shape index (κ1) is 19.2. The monoisotopic (exact) mass is 395 g/mol. The predicted molar refractivity (Wildman–Crippen MR) is 109 cm³/mol. The smallest absolute Gasteiger partial charge is 0.272 e. The van der Waals surface area contributed by atoms with Gasteiger partial charge in [-0.15, -0.1) is 6.58 Å². The van der Waals surface area contributed by atoms with Crippen LogP contribution < -0.4 is 9.54 Å². The Balaban J connectivity index is 1.94. The third-order valence-corrected chi connectivity index (χ3v) is 4.97. The van der Waals surface area contributed by atoms with Gasteiger partial charge in [0.1, 0.15) is 11.3 Å². The van der Waals surface area contributed by atoms with Gasteiger partial charge in [0.2, 0.25) is 0 Å². The van der Waals surface area contributed by atoms with Crippen molar-refractivity contribution < 1.29 is 14.5 Å². The maximum Gasteiger partial charge on any atom is 0.272 e. The van der Waals surface area contributed by atoms with E-state index in [1.807, 2.05) is 22.8 Å². The Morgan fingerprint density at radius 1 is 1.32 bits per heavy atom. The molecule has 28 heavy (non-hydrogen) atoms. The van der Waals surface area contributed by atoms with E-state index in [2.05, 4.69) is 11.6 Å². The third-order valence-electron chi connectivity index (χ3n) is 3.92. The van der Waals surface area contributed by atoms with Crippen LogP contribution in [0.15, 0.2) is 66.2 Å². The van der Waals surface area contributed by atoms with Crippen LogP contribution in [0.4, 0.5) is 5.69 Å². The van der Waals surface area contributed by atoms with E-state index in [4.69, 9.17) is 4.74 Å². The van der Waals surface area contributed by atoms with E-state index in [1.165, 1.54) is 29.5 Å². The molecule has 1 aromatic heterocycles. The molecule has 0 aliphatic rings. The van der Waals surface area contributed by atoms with Crippen molar-refractivity contribution in [2.75, 3.05) is 7.11 Å². The van der Waals surface area contributed by atoms with Crippen molar-refractivity contribution in [1.82, 2.24) is 4.57 Å². The van der Waals surface area contributed by atoms with Crippen molar-refractivity contribution in [2.24, 2.45) is 4.99 Å². The molecular formula is C20H17N3O4S. The van der Waals surface area contributed by atoms with E-state index in [1.54, 1.807) is 31.4 Å². The number of nitro benzene ring substituents is 1. The fourth-order valence-electron chi connectivity index (χ4n) is 2.65. The van der Waals surface area contributed by atoms with Crippen LogP contribution in [0.25, 0.3) is 16.3 Å². The summed E-state index contributed by atoms with van der Waals surface area (Å²) in [5, 5.41) is 10.7. The zero-order valence-corrected chi connectivity index (χ0v) is 15.9. The number of carbonyl (C=O) groups is 1. The molecule has 0 aliphatic heterocycles. The highest BCUT2D eigenvalue weighted by Gasteiger charge is 2.11. The van der Waals surface area contributed by atoms with Gasteiger partial charge in [0.05, 0.1) is 16.7 Å². The lowest BCUT2D eigenvalue weighted by Crippen LogP contribution is -2.15. The van der Waals surface area contributed by atoms with Gasteiger partial charge in [-0.2, -0.15) is 4.99 Å². The van der Waals surface area contributed by atoms with Gasteiger partial charge in [-0.1, -0.05) is 23.5 Å². The number of ether oxygens (including phenoxy) is 1. The number of fused-ring (bicyclic) bond motifs is 1. The Bertz CT molecular complexity index is 1140. The maximum absolute atomic E-state index is 12.3. The summed E-state index contributed by atoms with van der Waals surface area (Å²) in [6.45, 7) is 4.25. The van der Waals surface area contributed by atoms with Crippen LogP contribution in [0.1, 0.15) is 5.56 Å². The largest absolute Gasteiger partial charge is 0.495 e. The summed E-state index contributed by atoms with van der Waals surface area (Å²) < 4.78 is 8.26. The van der Waals surface area contributed by atoms with Gasteiger partial charge >= 0.3 is 0 Å². The molecule has 0 spiro atoms. The number of allylic oxidation sites excluding steroid dienone is 1. The number of carbonyl (C=O) groups excluding carboxylic acids is 1. The number of methoxy groups -OCH3 is 1. The molecule has 0 N–H and O–H groups in total. The van der Waals surface area contributed by atoms with Crippen LogP contribution in [0.5, 0.6) is 5.75 Å². The number of rotatable bonds is 6. The number of benzene rings is 2. The summed E-state index contributed by atoms with van der Waals surface area (Å²) >= 11 is 1.39. The molecule has 0 radical (unpaired) electrons. The molecule has 1 amide bonds. The van der Waals surface area contributed by atoms with E-state index < -0.39 is 10.8 Å². The fourth-order valence-corrected chi connectivity index (χ4v) is 3.71. The SMILES string of the molecule is C=CCn1c(=NC(=O)/C=C\c2ccc([N+](=O)[O-])cc2)sc2cccc(OC)c21. The number of para-hydroxylation sites is 1. The number of hydrogen-bond donors (Lipinski definition) is 0. The molecule has 3 aromatic rings. The average molecular weight is 395 g/mol. The second kappa shape index (κ2) is 8.45. The minimum Gasteiger partial charge on any atom is -0.495 e. The van der Waals surface area contributed by atoms with Gasteiger partial charge in [0.25, 0.3) is 11.6 Å². The van der Waals surface area contributed by atoms with Gasteiger partial charge in [-0.25, -0.2) is 0 Å². The molecule has 0 bridgehead atoms. The lowest BCUT2D eigenvalue weighted by molar-refractivity contribution is -0.384. The molecule has 1 heterocycles. The molecule has 0 unspecified atom stereocenters. The van der Waals surface area contributed by atoms with E-state index in [0.29, 0.717) is 22.7 Å². The molecule has 7 nitrogen and oxygen atoms in total. The second-order valence-corrected chi connectivity index (χ2v) is 6.73. The number of thiazole rings is 1. The summed E-state index contributed by atoms with van der Waals surface area (Å²) in [5.41, 5.74) is 1.53. The van der Waals surface area contributed by atoms with Crippen molar-refractivity contribution in [3.8, 4) is 5.75 Å². The summed E-state index contributed by atoms with van der Waals surface area (Å²) in [7, 11) is 1.60. The topological polar surface area (TPSA) is 86.7 Å². The van der Waals surface area contributed by atoms with Crippen molar-refractivity contribution in [1.29, 1.82) is 0 Å². The fraction of sp³-hybridized carbons (Fsp3) is 0.100. The number of amides is 1. The lowest BCUT2D eigenvalue weighted by Gasteiger charge is -2.05. The number of hydrogen-bond acceptors (Lipinski definition) is 5. The second-order valence-electron chi connectivity index (χ2n) is 5.72. The first-order valence-corrected chi connectivity index (χ1v) is 9.13. The third kappa shape index (κ3) is 4.07. The Hall–Kier alpha value is -3.52. The zero-order chi connectivity index (χ0) is 20.1. The van der Waals surface area contributed by atoms with E-state index >= 15 is 0 Å². The molecule has 8 heteroatoms. The number of aromatic nitrogens is 1. The van der Waals surface area contributed by atoms with Crippen molar-refractivity contribution in [3.63, 3.8) is 0 Å². The molecule has 0 saturated carbocycles. The minimum absolute atomic E-state index is 0.00199. The molecule has 0 aliphatic carbocycles. The maximum atomic E-state index is 12.3. The van der Waals surface area contributed by atoms with Crippen molar-refractivity contribution in [3.05, 3.63) is 81.7 Å². The Labute approximate surface area is 164 Å². The predicted octanol–water partition coefficient (Wildman–Crippen LogP) is 3.95. The molecule has 0 fully saturated rings. The average Bonchev–Trinajstić information content (AvgIpc) is 3.04. The van der Waals surface area contributed by atoms with Crippen LogP contribution in [0, 0.1) is 10.1 Å². The highest BCUT2D eigenvalue weighted by atomic mass is 32.1. The lowest BCUT2D eigenvalue weighted by atomic mass is 10.2. The molecule has 3 rings (SSSR count).